The van der Waals surface area contributed by atoms with E-state index in [4.69, 9.17) is 4.74 Å². The van der Waals surface area contributed by atoms with E-state index in [0.29, 0.717) is 0 Å². The number of nitrogens with zero attached hydrogens (tertiary/aromatic N) is 2. The molecule has 0 amide bonds. The van der Waals surface area contributed by atoms with Gasteiger partial charge in [0.05, 0.1) is 0 Å². The highest BCUT2D eigenvalue weighted by atomic mass is 16.5. The van der Waals surface area contributed by atoms with Crippen molar-refractivity contribution in [1.29, 1.82) is 0 Å². The Kier molecular flexibility index (Phi) is 3.19. The van der Waals surface area contributed by atoms with E-state index in [2.05, 4.69) is 9.80 Å². The second-order valence-electron chi connectivity index (χ2n) is 4.05. The van der Waals surface area contributed by atoms with Gasteiger partial charge in [-0.2, -0.15) is 0 Å². The SMILES string of the molecule is COC(N1CCCC1)N1CCCC1. The molecule has 0 aromatic heterocycles. The van der Waals surface area contributed by atoms with Gasteiger partial charge in [-0.15, -0.1) is 0 Å². The quantitative estimate of drug-likeness (QED) is 0.653. The van der Waals surface area contributed by atoms with E-state index in [1.54, 1.807) is 0 Å². The first kappa shape index (κ1) is 9.44. The number of likely N-dealkylation sites (tertiary alicyclic amines) is 2. The van der Waals surface area contributed by atoms with Crippen LogP contribution in [0.4, 0.5) is 0 Å². The van der Waals surface area contributed by atoms with Crippen LogP contribution < -0.4 is 0 Å². The van der Waals surface area contributed by atoms with Crippen LogP contribution in [0.3, 0.4) is 0 Å². The minimum absolute atomic E-state index is 0.269. The van der Waals surface area contributed by atoms with Crippen LogP contribution in [0, 0.1) is 0 Å². The van der Waals surface area contributed by atoms with Crippen molar-refractivity contribution in [3.63, 3.8) is 0 Å². The van der Waals surface area contributed by atoms with Gasteiger partial charge in [0.25, 0.3) is 0 Å². The summed E-state index contributed by atoms with van der Waals surface area (Å²) >= 11 is 0. The second kappa shape index (κ2) is 4.40. The Bertz CT molecular complexity index is 135. The number of hydrogen-bond acceptors (Lipinski definition) is 3. The van der Waals surface area contributed by atoms with E-state index >= 15 is 0 Å². The molecule has 0 N–H and O–H groups in total. The zero-order chi connectivity index (χ0) is 9.10. The van der Waals surface area contributed by atoms with Gasteiger partial charge < -0.3 is 4.74 Å². The lowest BCUT2D eigenvalue weighted by atomic mass is 10.4. The minimum atomic E-state index is 0.269. The molecular formula is C10H20N2O. The maximum Gasteiger partial charge on any atom is 0.168 e. The van der Waals surface area contributed by atoms with Gasteiger partial charge in [0.15, 0.2) is 6.35 Å². The van der Waals surface area contributed by atoms with Crippen molar-refractivity contribution in [3.8, 4) is 0 Å². The lowest BCUT2D eigenvalue weighted by Gasteiger charge is -2.33. The highest BCUT2D eigenvalue weighted by Gasteiger charge is 2.28. The summed E-state index contributed by atoms with van der Waals surface area (Å²) in [5, 5.41) is 0. The highest BCUT2D eigenvalue weighted by Crippen LogP contribution is 2.19. The lowest BCUT2D eigenvalue weighted by Crippen LogP contribution is -2.47. The average molecular weight is 184 g/mol. The molecule has 2 aliphatic heterocycles. The molecule has 0 aliphatic carbocycles. The Hall–Kier alpha value is -0.120. The van der Waals surface area contributed by atoms with E-state index in [1.165, 1.54) is 51.9 Å². The zero-order valence-electron chi connectivity index (χ0n) is 8.54. The van der Waals surface area contributed by atoms with E-state index in [1.807, 2.05) is 7.11 Å². The van der Waals surface area contributed by atoms with Gasteiger partial charge in [-0.25, -0.2) is 0 Å². The van der Waals surface area contributed by atoms with Crippen molar-refractivity contribution in [2.24, 2.45) is 0 Å². The fourth-order valence-corrected chi connectivity index (χ4v) is 2.45. The van der Waals surface area contributed by atoms with Crippen LogP contribution in [0.5, 0.6) is 0 Å². The molecule has 0 spiro atoms. The maximum atomic E-state index is 5.57. The first-order chi connectivity index (χ1) is 6.42. The molecule has 0 aromatic carbocycles. The number of ether oxygens (including phenoxy) is 1. The normalized spacial score (nSPS) is 26.3. The predicted molar refractivity (Wildman–Crippen MR) is 52.4 cm³/mol. The summed E-state index contributed by atoms with van der Waals surface area (Å²) in [6.45, 7) is 4.87. The molecule has 2 saturated heterocycles. The maximum absolute atomic E-state index is 5.57. The van der Waals surface area contributed by atoms with E-state index in [0.717, 1.165) is 0 Å². The Morgan fingerprint density at radius 3 is 1.54 bits per heavy atom. The van der Waals surface area contributed by atoms with Crippen LogP contribution >= 0.6 is 0 Å². The van der Waals surface area contributed by atoms with Gasteiger partial charge in [-0.3, -0.25) is 9.80 Å². The topological polar surface area (TPSA) is 15.7 Å². The fraction of sp³-hybridized carbons (Fsp3) is 1.00. The number of rotatable bonds is 3. The summed E-state index contributed by atoms with van der Waals surface area (Å²) in [7, 11) is 1.83. The van der Waals surface area contributed by atoms with Crippen molar-refractivity contribution in [2.75, 3.05) is 33.3 Å². The molecule has 2 rings (SSSR count). The van der Waals surface area contributed by atoms with Crippen LogP contribution in [-0.2, 0) is 4.74 Å². The molecule has 0 unspecified atom stereocenters. The Balaban J connectivity index is 1.90. The van der Waals surface area contributed by atoms with Crippen molar-refractivity contribution in [1.82, 2.24) is 9.80 Å². The summed E-state index contributed by atoms with van der Waals surface area (Å²) in [6.07, 6.45) is 5.63. The molecular weight excluding hydrogens is 164 g/mol. The summed E-state index contributed by atoms with van der Waals surface area (Å²) in [4.78, 5) is 4.93. The first-order valence-corrected chi connectivity index (χ1v) is 5.43. The Labute approximate surface area is 80.6 Å². The van der Waals surface area contributed by atoms with Gasteiger partial charge in [0.2, 0.25) is 0 Å². The zero-order valence-corrected chi connectivity index (χ0v) is 8.54. The first-order valence-electron chi connectivity index (χ1n) is 5.43. The molecule has 0 atom stereocenters. The largest absolute Gasteiger partial charge is 0.353 e. The third-order valence-electron chi connectivity index (χ3n) is 3.12. The molecule has 0 saturated carbocycles. The van der Waals surface area contributed by atoms with E-state index in [-0.39, 0.29) is 6.35 Å². The van der Waals surface area contributed by atoms with Crippen molar-refractivity contribution >= 4 is 0 Å². The molecule has 0 radical (unpaired) electrons. The van der Waals surface area contributed by atoms with Crippen LogP contribution in [0.25, 0.3) is 0 Å². The smallest absolute Gasteiger partial charge is 0.168 e. The molecule has 0 aromatic rings. The molecule has 2 aliphatic rings. The molecule has 3 nitrogen and oxygen atoms in total. The van der Waals surface area contributed by atoms with Gasteiger partial charge in [0.1, 0.15) is 0 Å². The van der Waals surface area contributed by atoms with Gasteiger partial charge in [-0.05, 0) is 25.7 Å². The van der Waals surface area contributed by atoms with Gasteiger partial charge in [0, 0.05) is 33.3 Å². The fourth-order valence-electron chi connectivity index (χ4n) is 2.45. The third kappa shape index (κ3) is 2.03. The lowest BCUT2D eigenvalue weighted by molar-refractivity contribution is -0.118. The molecule has 2 fully saturated rings. The summed E-state index contributed by atoms with van der Waals surface area (Å²) in [5.74, 6) is 0. The summed E-state index contributed by atoms with van der Waals surface area (Å²) in [6, 6.07) is 0. The Morgan fingerprint density at radius 2 is 1.23 bits per heavy atom. The van der Waals surface area contributed by atoms with E-state index in [9.17, 15) is 0 Å². The minimum Gasteiger partial charge on any atom is -0.353 e. The number of hydrogen-bond donors (Lipinski definition) is 0. The molecule has 76 valence electrons. The average Bonchev–Trinajstić information content (AvgIpc) is 2.76. The van der Waals surface area contributed by atoms with Gasteiger partial charge in [-0.1, -0.05) is 0 Å². The molecule has 2 heterocycles. The van der Waals surface area contributed by atoms with Crippen LogP contribution in [0.1, 0.15) is 25.7 Å². The van der Waals surface area contributed by atoms with Crippen molar-refractivity contribution in [3.05, 3.63) is 0 Å². The van der Waals surface area contributed by atoms with Crippen LogP contribution in [0.2, 0.25) is 0 Å². The molecule has 0 bridgehead atoms. The van der Waals surface area contributed by atoms with Gasteiger partial charge >= 0.3 is 0 Å². The van der Waals surface area contributed by atoms with Crippen molar-refractivity contribution < 1.29 is 4.74 Å². The predicted octanol–water partition coefficient (Wildman–Crippen LogP) is 1.11. The van der Waals surface area contributed by atoms with E-state index < -0.39 is 0 Å². The monoisotopic (exact) mass is 184 g/mol. The molecule has 13 heavy (non-hydrogen) atoms. The van der Waals surface area contributed by atoms with Crippen molar-refractivity contribution in [2.45, 2.75) is 32.0 Å². The standard InChI is InChI=1S/C10H20N2O/c1-13-10(11-6-2-3-7-11)12-8-4-5-9-12/h10H,2-9H2,1H3. The Morgan fingerprint density at radius 1 is 0.846 bits per heavy atom. The highest BCUT2D eigenvalue weighted by molar-refractivity contribution is 4.74. The third-order valence-corrected chi connectivity index (χ3v) is 3.12. The second-order valence-corrected chi connectivity index (χ2v) is 4.05. The summed E-state index contributed by atoms with van der Waals surface area (Å²) in [5.41, 5.74) is 0. The molecule has 3 heteroatoms. The van der Waals surface area contributed by atoms with Crippen LogP contribution in [0.15, 0.2) is 0 Å². The summed E-state index contributed by atoms with van der Waals surface area (Å²) < 4.78 is 5.57. The number of methoxy groups -OCH3 is 1. The van der Waals surface area contributed by atoms with Crippen LogP contribution in [-0.4, -0.2) is 49.4 Å².